The van der Waals surface area contributed by atoms with Crippen LogP contribution in [0, 0.1) is 5.82 Å². The summed E-state index contributed by atoms with van der Waals surface area (Å²) in [6.07, 6.45) is 0. The zero-order valence-corrected chi connectivity index (χ0v) is 15.5. The Morgan fingerprint density at radius 2 is 1.76 bits per heavy atom. The molecule has 0 aliphatic carbocycles. The second-order valence-corrected chi connectivity index (χ2v) is 8.53. The lowest BCUT2D eigenvalue weighted by molar-refractivity contribution is -0.118. The Balaban J connectivity index is 2.00. The molecule has 0 aromatic heterocycles. The van der Waals surface area contributed by atoms with Gasteiger partial charge in [0.1, 0.15) is 5.82 Å². The molecule has 1 N–H and O–H groups in total. The van der Waals surface area contributed by atoms with Gasteiger partial charge < -0.3 is 5.32 Å². The average Bonchev–Trinajstić information content (AvgIpc) is 2.59. The molecule has 134 valence electrons. The van der Waals surface area contributed by atoms with E-state index in [0.717, 1.165) is 16.1 Å². The summed E-state index contributed by atoms with van der Waals surface area (Å²) in [5.74, 6) is -0.628. The molecule has 0 heterocycles. The number of carbonyl (C=O) groups is 1. The summed E-state index contributed by atoms with van der Waals surface area (Å²) in [6, 6.07) is 12.7. The number of rotatable bonds is 7. The van der Waals surface area contributed by atoms with E-state index in [1.807, 2.05) is 0 Å². The van der Waals surface area contributed by atoms with E-state index in [4.69, 9.17) is 0 Å². The Morgan fingerprint density at radius 1 is 1.12 bits per heavy atom. The van der Waals surface area contributed by atoms with Gasteiger partial charge in [0.25, 0.3) is 0 Å². The van der Waals surface area contributed by atoms with Crippen molar-refractivity contribution in [2.75, 3.05) is 19.8 Å². The van der Waals surface area contributed by atoms with Gasteiger partial charge in [-0.3, -0.25) is 4.79 Å². The molecule has 0 saturated heterocycles. The molecule has 0 radical (unpaired) electrons. The number of sulfonamides is 1. The first-order valence-electron chi connectivity index (χ1n) is 7.47. The molecule has 1 amide bonds. The van der Waals surface area contributed by atoms with Crippen LogP contribution in [0.5, 0.6) is 0 Å². The third-order valence-electron chi connectivity index (χ3n) is 3.40. The molecule has 5 nitrogen and oxygen atoms in total. The molecule has 2 aromatic carbocycles. The molecule has 8 heteroatoms. The second-order valence-electron chi connectivity index (χ2n) is 5.39. The molecular formula is C17H19FN2O3S2. The molecule has 0 spiro atoms. The van der Waals surface area contributed by atoms with Crippen LogP contribution in [0.15, 0.2) is 58.3 Å². The fraction of sp³-hybridized carbons (Fsp3) is 0.235. The third-order valence-corrected chi connectivity index (χ3v) is 6.37. The number of nitrogens with one attached hydrogen (secondary N) is 1. The fourth-order valence-corrected chi connectivity index (χ4v) is 3.93. The third kappa shape index (κ3) is 5.04. The van der Waals surface area contributed by atoms with Crippen LogP contribution < -0.4 is 5.32 Å². The topological polar surface area (TPSA) is 66.5 Å². The van der Waals surface area contributed by atoms with Gasteiger partial charge in [0, 0.05) is 25.5 Å². The summed E-state index contributed by atoms with van der Waals surface area (Å²) in [4.78, 5) is 12.5. The first-order valence-corrected chi connectivity index (χ1v) is 9.89. The van der Waals surface area contributed by atoms with Crippen molar-refractivity contribution in [1.82, 2.24) is 9.62 Å². The summed E-state index contributed by atoms with van der Waals surface area (Å²) in [5, 5.41) is 2.67. The van der Waals surface area contributed by atoms with Crippen molar-refractivity contribution in [3.8, 4) is 0 Å². The van der Waals surface area contributed by atoms with Crippen LogP contribution in [0.2, 0.25) is 0 Å². The van der Waals surface area contributed by atoms with Crippen molar-refractivity contribution in [3.63, 3.8) is 0 Å². The lowest BCUT2D eigenvalue weighted by Gasteiger charge is -2.15. The smallest absolute Gasteiger partial charge is 0.242 e. The van der Waals surface area contributed by atoms with Crippen LogP contribution in [-0.4, -0.2) is 38.5 Å². The molecular weight excluding hydrogens is 363 g/mol. The van der Waals surface area contributed by atoms with E-state index >= 15 is 0 Å². The van der Waals surface area contributed by atoms with Crippen LogP contribution in [0.3, 0.4) is 0 Å². The van der Waals surface area contributed by atoms with Crippen LogP contribution >= 0.6 is 11.8 Å². The highest BCUT2D eigenvalue weighted by molar-refractivity contribution is 8.00. The Labute approximate surface area is 151 Å². The number of halogens is 1. The van der Waals surface area contributed by atoms with Gasteiger partial charge in [0.15, 0.2) is 0 Å². The quantitative estimate of drug-likeness (QED) is 0.747. The zero-order valence-electron chi connectivity index (χ0n) is 13.9. The number of nitrogens with zero attached hydrogens (tertiary/aromatic N) is 1. The maximum atomic E-state index is 13.5. The van der Waals surface area contributed by atoms with E-state index in [9.17, 15) is 17.6 Å². The van der Waals surface area contributed by atoms with Gasteiger partial charge in [-0.15, -0.1) is 11.8 Å². The number of carbonyl (C=O) groups excluding carboxylic acids is 1. The summed E-state index contributed by atoms with van der Waals surface area (Å²) < 4.78 is 39.3. The van der Waals surface area contributed by atoms with E-state index in [0.29, 0.717) is 10.5 Å². The predicted octanol–water partition coefficient (Wildman–Crippen LogP) is 2.48. The number of hydrogen-bond acceptors (Lipinski definition) is 4. The van der Waals surface area contributed by atoms with Crippen LogP contribution in [-0.2, 0) is 21.4 Å². The minimum atomic E-state index is -3.59. The average molecular weight is 382 g/mol. The highest BCUT2D eigenvalue weighted by Gasteiger charge is 2.20. The second kappa shape index (κ2) is 8.46. The van der Waals surface area contributed by atoms with Crippen molar-refractivity contribution in [2.24, 2.45) is 0 Å². The molecule has 2 aromatic rings. The van der Waals surface area contributed by atoms with Crippen molar-refractivity contribution in [2.45, 2.75) is 16.3 Å². The molecule has 0 fully saturated rings. The largest absolute Gasteiger partial charge is 0.351 e. The number of amides is 1. The van der Waals surface area contributed by atoms with Gasteiger partial charge in [-0.05, 0) is 23.8 Å². The summed E-state index contributed by atoms with van der Waals surface area (Å²) in [7, 11) is -0.681. The molecule has 0 atom stereocenters. The van der Waals surface area contributed by atoms with E-state index in [1.165, 1.54) is 26.2 Å². The monoisotopic (exact) mass is 382 g/mol. The van der Waals surface area contributed by atoms with Crippen LogP contribution in [0.1, 0.15) is 5.56 Å². The van der Waals surface area contributed by atoms with E-state index in [2.05, 4.69) is 5.32 Å². The molecule has 25 heavy (non-hydrogen) atoms. The zero-order chi connectivity index (χ0) is 18.4. The highest BCUT2D eigenvalue weighted by Crippen LogP contribution is 2.21. The Hall–Kier alpha value is -1.90. The van der Waals surface area contributed by atoms with Crippen LogP contribution in [0.25, 0.3) is 0 Å². The van der Waals surface area contributed by atoms with Gasteiger partial charge in [0.2, 0.25) is 15.9 Å². The molecule has 0 bridgehead atoms. The molecule has 0 aliphatic rings. The van der Waals surface area contributed by atoms with E-state index in [-0.39, 0.29) is 28.9 Å². The first-order chi connectivity index (χ1) is 11.8. The number of hydrogen-bond donors (Lipinski definition) is 1. The lowest BCUT2D eigenvalue weighted by Crippen LogP contribution is -2.27. The van der Waals surface area contributed by atoms with Crippen LogP contribution in [0.4, 0.5) is 4.39 Å². The van der Waals surface area contributed by atoms with Gasteiger partial charge >= 0.3 is 0 Å². The highest BCUT2D eigenvalue weighted by atomic mass is 32.2. The van der Waals surface area contributed by atoms with E-state index in [1.54, 1.807) is 36.4 Å². The fourth-order valence-electron chi connectivity index (χ4n) is 2.05. The van der Waals surface area contributed by atoms with Crippen molar-refractivity contribution < 1.29 is 17.6 Å². The van der Waals surface area contributed by atoms with Crippen molar-refractivity contribution >= 4 is 27.7 Å². The van der Waals surface area contributed by atoms with Gasteiger partial charge in [-0.25, -0.2) is 17.1 Å². The summed E-state index contributed by atoms with van der Waals surface area (Å²) in [5.41, 5.74) is 0.500. The first kappa shape index (κ1) is 19.4. The Morgan fingerprint density at radius 3 is 2.44 bits per heavy atom. The summed E-state index contributed by atoms with van der Waals surface area (Å²) >= 11 is 1.09. The van der Waals surface area contributed by atoms with Gasteiger partial charge in [-0.1, -0.05) is 30.3 Å². The standard InChI is InChI=1S/C17H19FN2O3S2/c1-20(2)25(22,23)16-10-6-3-7-13(16)11-19-17(21)12-24-15-9-5-4-8-14(15)18/h3-10H,11-12H2,1-2H3,(H,19,21). The van der Waals surface area contributed by atoms with Gasteiger partial charge in [0.05, 0.1) is 10.6 Å². The maximum absolute atomic E-state index is 13.5. The van der Waals surface area contributed by atoms with E-state index < -0.39 is 10.0 Å². The Kier molecular flexibility index (Phi) is 6.57. The minimum absolute atomic E-state index is 0.0452. The van der Waals surface area contributed by atoms with Crippen molar-refractivity contribution in [3.05, 3.63) is 59.9 Å². The molecule has 0 saturated carbocycles. The molecule has 0 unspecified atom stereocenters. The normalized spacial score (nSPS) is 11.5. The lowest BCUT2D eigenvalue weighted by atomic mass is 10.2. The number of benzene rings is 2. The van der Waals surface area contributed by atoms with Gasteiger partial charge in [-0.2, -0.15) is 0 Å². The summed E-state index contributed by atoms with van der Waals surface area (Å²) in [6.45, 7) is 0.0832. The predicted molar refractivity (Wildman–Crippen MR) is 96.3 cm³/mol. The molecule has 0 aliphatic heterocycles. The SMILES string of the molecule is CN(C)S(=O)(=O)c1ccccc1CNC(=O)CSc1ccccc1F. The molecule has 2 rings (SSSR count). The number of thioether (sulfide) groups is 1. The maximum Gasteiger partial charge on any atom is 0.242 e. The van der Waals surface area contributed by atoms with Crippen molar-refractivity contribution in [1.29, 1.82) is 0 Å². The Bertz CT molecular complexity index is 854. The minimum Gasteiger partial charge on any atom is -0.351 e.